The van der Waals surface area contributed by atoms with E-state index in [2.05, 4.69) is 5.32 Å². The standard InChI is InChI=1S/C11H14ClNO2/c1-15-11(14)9-6-8(4-5-10(9)12)13-7-2-3-7/h4-7,11,13-14H,2-3H2,1H3. The molecule has 0 heterocycles. The summed E-state index contributed by atoms with van der Waals surface area (Å²) in [5.41, 5.74) is 1.58. The fraction of sp³-hybridized carbons (Fsp3) is 0.455. The molecule has 0 bridgehead atoms. The third-order valence-electron chi connectivity index (χ3n) is 2.43. The van der Waals surface area contributed by atoms with Gasteiger partial charge in [0.2, 0.25) is 0 Å². The van der Waals surface area contributed by atoms with Crippen molar-refractivity contribution in [2.75, 3.05) is 12.4 Å². The Hall–Kier alpha value is -0.770. The van der Waals surface area contributed by atoms with Gasteiger partial charge in [-0.05, 0) is 31.0 Å². The van der Waals surface area contributed by atoms with E-state index < -0.39 is 6.29 Å². The highest BCUT2D eigenvalue weighted by Crippen LogP contribution is 2.30. The molecule has 1 saturated carbocycles. The molecule has 0 spiro atoms. The molecule has 1 aliphatic rings. The predicted molar refractivity (Wildman–Crippen MR) is 60.1 cm³/mol. The Morgan fingerprint density at radius 3 is 2.87 bits per heavy atom. The molecule has 15 heavy (non-hydrogen) atoms. The maximum atomic E-state index is 9.55. The van der Waals surface area contributed by atoms with Gasteiger partial charge in [-0.2, -0.15) is 0 Å². The van der Waals surface area contributed by atoms with E-state index in [4.69, 9.17) is 16.3 Å². The first-order valence-corrected chi connectivity index (χ1v) is 5.35. The highest BCUT2D eigenvalue weighted by molar-refractivity contribution is 6.31. The van der Waals surface area contributed by atoms with E-state index in [1.807, 2.05) is 12.1 Å². The third kappa shape index (κ3) is 2.62. The summed E-state index contributed by atoms with van der Waals surface area (Å²) < 4.78 is 4.84. The Morgan fingerprint density at radius 2 is 2.27 bits per heavy atom. The van der Waals surface area contributed by atoms with Crippen LogP contribution in [0.3, 0.4) is 0 Å². The van der Waals surface area contributed by atoms with Crippen molar-refractivity contribution in [3.8, 4) is 0 Å². The molecule has 1 atom stereocenters. The molecular weight excluding hydrogens is 214 g/mol. The summed E-state index contributed by atoms with van der Waals surface area (Å²) in [6, 6.07) is 6.09. The van der Waals surface area contributed by atoms with Gasteiger partial charge < -0.3 is 15.2 Å². The first-order chi connectivity index (χ1) is 7.20. The van der Waals surface area contributed by atoms with Crippen LogP contribution in [-0.4, -0.2) is 18.3 Å². The van der Waals surface area contributed by atoms with Crippen molar-refractivity contribution in [2.24, 2.45) is 0 Å². The van der Waals surface area contributed by atoms with Gasteiger partial charge in [0.25, 0.3) is 0 Å². The van der Waals surface area contributed by atoms with Crippen LogP contribution in [0.2, 0.25) is 5.02 Å². The number of rotatable bonds is 4. The fourth-order valence-electron chi connectivity index (χ4n) is 1.41. The van der Waals surface area contributed by atoms with Gasteiger partial charge in [-0.3, -0.25) is 0 Å². The van der Waals surface area contributed by atoms with Crippen molar-refractivity contribution >= 4 is 17.3 Å². The molecule has 4 heteroatoms. The Labute approximate surface area is 94.0 Å². The average Bonchev–Trinajstić information content (AvgIpc) is 3.04. The molecule has 0 aliphatic heterocycles. The van der Waals surface area contributed by atoms with Gasteiger partial charge in [0.1, 0.15) is 0 Å². The van der Waals surface area contributed by atoms with Gasteiger partial charge in [-0.15, -0.1) is 0 Å². The van der Waals surface area contributed by atoms with Crippen LogP contribution in [0.25, 0.3) is 0 Å². The molecule has 1 aliphatic carbocycles. The molecule has 2 N–H and O–H groups in total. The summed E-state index contributed by atoms with van der Waals surface area (Å²) in [7, 11) is 1.45. The number of ether oxygens (including phenoxy) is 1. The van der Waals surface area contributed by atoms with Crippen LogP contribution in [0.4, 0.5) is 5.69 Å². The van der Waals surface area contributed by atoms with Gasteiger partial charge in [0, 0.05) is 29.4 Å². The maximum Gasteiger partial charge on any atom is 0.182 e. The second-order valence-corrected chi connectivity index (χ2v) is 4.15. The molecule has 0 radical (unpaired) electrons. The van der Waals surface area contributed by atoms with E-state index in [1.54, 1.807) is 6.07 Å². The number of anilines is 1. The average molecular weight is 228 g/mol. The van der Waals surface area contributed by atoms with Crippen LogP contribution in [-0.2, 0) is 4.74 Å². The molecular formula is C11H14ClNO2. The minimum atomic E-state index is -0.960. The van der Waals surface area contributed by atoms with Crippen molar-refractivity contribution in [2.45, 2.75) is 25.2 Å². The van der Waals surface area contributed by atoms with Crippen molar-refractivity contribution < 1.29 is 9.84 Å². The lowest BCUT2D eigenvalue weighted by atomic mass is 10.2. The van der Waals surface area contributed by atoms with Gasteiger partial charge in [-0.25, -0.2) is 0 Å². The number of hydrogen-bond acceptors (Lipinski definition) is 3. The predicted octanol–water partition coefficient (Wildman–Crippen LogP) is 2.55. The molecule has 1 aromatic rings. The Balaban J connectivity index is 2.18. The molecule has 0 saturated heterocycles. The topological polar surface area (TPSA) is 41.5 Å². The number of methoxy groups -OCH3 is 1. The summed E-state index contributed by atoms with van der Waals surface area (Å²) >= 11 is 5.95. The largest absolute Gasteiger partial charge is 0.382 e. The van der Waals surface area contributed by atoms with Crippen LogP contribution in [0, 0.1) is 0 Å². The summed E-state index contributed by atoms with van der Waals surface area (Å²) in [5.74, 6) is 0. The second kappa shape index (κ2) is 4.39. The second-order valence-electron chi connectivity index (χ2n) is 3.74. The molecule has 82 valence electrons. The van der Waals surface area contributed by atoms with Crippen LogP contribution in [0.15, 0.2) is 18.2 Å². The first kappa shape index (κ1) is 10.7. The zero-order valence-corrected chi connectivity index (χ0v) is 9.29. The number of halogens is 1. The van der Waals surface area contributed by atoms with Gasteiger partial charge in [0.15, 0.2) is 6.29 Å². The fourth-order valence-corrected chi connectivity index (χ4v) is 1.62. The molecule has 1 unspecified atom stereocenters. The van der Waals surface area contributed by atoms with Crippen LogP contribution in [0.1, 0.15) is 24.7 Å². The summed E-state index contributed by atoms with van der Waals surface area (Å²) in [5, 5.41) is 13.4. The van der Waals surface area contributed by atoms with Gasteiger partial charge in [0.05, 0.1) is 0 Å². The Morgan fingerprint density at radius 1 is 1.53 bits per heavy atom. The zero-order valence-electron chi connectivity index (χ0n) is 8.53. The Bertz CT molecular complexity index is 352. The van der Waals surface area contributed by atoms with E-state index in [1.165, 1.54) is 20.0 Å². The number of nitrogens with one attached hydrogen (secondary N) is 1. The van der Waals surface area contributed by atoms with E-state index in [0.717, 1.165) is 5.69 Å². The SMILES string of the molecule is COC(O)c1cc(NC2CC2)ccc1Cl. The lowest BCUT2D eigenvalue weighted by Crippen LogP contribution is -2.04. The lowest BCUT2D eigenvalue weighted by molar-refractivity contribution is -0.0768. The highest BCUT2D eigenvalue weighted by Gasteiger charge is 2.21. The Kier molecular flexibility index (Phi) is 3.14. The molecule has 3 nitrogen and oxygen atoms in total. The number of aliphatic hydroxyl groups is 1. The van der Waals surface area contributed by atoms with Crippen molar-refractivity contribution in [1.29, 1.82) is 0 Å². The summed E-state index contributed by atoms with van der Waals surface area (Å²) in [4.78, 5) is 0. The highest BCUT2D eigenvalue weighted by atomic mass is 35.5. The summed E-state index contributed by atoms with van der Waals surface area (Å²) in [6.07, 6.45) is 1.47. The van der Waals surface area contributed by atoms with E-state index >= 15 is 0 Å². The molecule has 0 aromatic heterocycles. The first-order valence-electron chi connectivity index (χ1n) is 4.97. The third-order valence-corrected chi connectivity index (χ3v) is 2.78. The number of benzene rings is 1. The number of hydrogen-bond donors (Lipinski definition) is 2. The monoisotopic (exact) mass is 227 g/mol. The van der Waals surface area contributed by atoms with Crippen molar-refractivity contribution in [3.63, 3.8) is 0 Å². The van der Waals surface area contributed by atoms with E-state index in [9.17, 15) is 5.11 Å². The van der Waals surface area contributed by atoms with Crippen LogP contribution >= 0.6 is 11.6 Å². The zero-order chi connectivity index (χ0) is 10.8. The van der Waals surface area contributed by atoms with Crippen LogP contribution in [0.5, 0.6) is 0 Å². The number of aliphatic hydroxyl groups excluding tert-OH is 1. The molecule has 1 fully saturated rings. The minimum Gasteiger partial charge on any atom is -0.382 e. The normalized spacial score (nSPS) is 17.5. The summed E-state index contributed by atoms with van der Waals surface area (Å²) in [6.45, 7) is 0. The van der Waals surface area contributed by atoms with E-state index in [-0.39, 0.29) is 0 Å². The van der Waals surface area contributed by atoms with Gasteiger partial charge in [-0.1, -0.05) is 11.6 Å². The van der Waals surface area contributed by atoms with E-state index in [0.29, 0.717) is 16.6 Å². The van der Waals surface area contributed by atoms with Crippen molar-refractivity contribution in [3.05, 3.63) is 28.8 Å². The molecule has 0 amide bonds. The maximum absolute atomic E-state index is 9.55. The van der Waals surface area contributed by atoms with Gasteiger partial charge >= 0.3 is 0 Å². The quantitative estimate of drug-likeness (QED) is 0.777. The minimum absolute atomic E-state index is 0.519. The molecule has 2 rings (SSSR count). The smallest absolute Gasteiger partial charge is 0.182 e. The van der Waals surface area contributed by atoms with Crippen LogP contribution < -0.4 is 5.32 Å². The molecule has 1 aromatic carbocycles. The lowest BCUT2D eigenvalue weighted by Gasteiger charge is -2.13. The van der Waals surface area contributed by atoms with Crippen molar-refractivity contribution in [1.82, 2.24) is 0 Å².